The Balaban J connectivity index is 1.85. The first-order valence-electron chi connectivity index (χ1n) is 5.91. The molecule has 1 aliphatic heterocycles. The zero-order valence-electron chi connectivity index (χ0n) is 10.3. The maximum Gasteiger partial charge on any atom is 0.119 e. The first-order valence-corrected chi connectivity index (χ1v) is 5.91. The number of epoxide rings is 1. The molecule has 16 heavy (non-hydrogen) atoms. The lowest BCUT2D eigenvalue weighted by Crippen LogP contribution is -2.10. The summed E-state index contributed by atoms with van der Waals surface area (Å²) in [5.41, 5.74) is 1.55. The van der Waals surface area contributed by atoms with E-state index in [-0.39, 0.29) is 5.41 Å². The van der Waals surface area contributed by atoms with Crippen molar-refractivity contribution in [3.05, 3.63) is 29.8 Å². The van der Waals surface area contributed by atoms with Crippen molar-refractivity contribution in [1.29, 1.82) is 0 Å². The van der Waals surface area contributed by atoms with Crippen LogP contribution in [-0.4, -0.2) is 19.3 Å². The van der Waals surface area contributed by atoms with Gasteiger partial charge >= 0.3 is 0 Å². The Kier molecular flexibility index (Phi) is 3.20. The molecule has 0 aliphatic carbocycles. The van der Waals surface area contributed by atoms with E-state index in [4.69, 9.17) is 9.47 Å². The summed E-state index contributed by atoms with van der Waals surface area (Å²) in [7, 11) is 0. The van der Waals surface area contributed by atoms with Crippen molar-refractivity contribution >= 4 is 0 Å². The molecular formula is C14H20O2. The molecule has 0 radical (unpaired) electrons. The SMILES string of the molecule is CC(C)(C)c1ccc(OCC[C@H]2CO2)cc1. The predicted molar refractivity (Wildman–Crippen MR) is 65.0 cm³/mol. The smallest absolute Gasteiger partial charge is 0.119 e. The molecule has 0 saturated carbocycles. The van der Waals surface area contributed by atoms with Crippen LogP contribution in [-0.2, 0) is 10.2 Å². The van der Waals surface area contributed by atoms with Crippen molar-refractivity contribution in [3.8, 4) is 5.75 Å². The standard InChI is InChI=1S/C14H20O2/c1-14(2,3)11-4-6-12(7-5-11)15-9-8-13-10-16-13/h4-7,13H,8-10H2,1-3H3/t13-/m0/s1. The van der Waals surface area contributed by atoms with Gasteiger partial charge in [0.25, 0.3) is 0 Å². The number of benzene rings is 1. The summed E-state index contributed by atoms with van der Waals surface area (Å²) in [5.74, 6) is 0.952. The van der Waals surface area contributed by atoms with Gasteiger partial charge in [0.05, 0.1) is 19.3 Å². The van der Waals surface area contributed by atoms with Crippen LogP contribution >= 0.6 is 0 Å². The molecule has 2 heteroatoms. The van der Waals surface area contributed by atoms with Gasteiger partial charge in [-0.25, -0.2) is 0 Å². The van der Waals surface area contributed by atoms with Gasteiger partial charge in [0.15, 0.2) is 0 Å². The molecule has 0 aromatic heterocycles. The minimum absolute atomic E-state index is 0.209. The normalized spacial score (nSPS) is 19.6. The molecule has 0 unspecified atom stereocenters. The molecule has 1 aromatic carbocycles. The Hall–Kier alpha value is -1.02. The van der Waals surface area contributed by atoms with E-state index in [1.165, 1.54) is 5.56 Å². The van der Waals surface area contributed by atoms with Gasteiger partial charge in [0, 0.05) is 6.42 Å². The van der Waals surface area contributed by atoms with Gasteiger partial charge in [0.1, 0.15) is 5.75 Å². The van der Waals surface area contributed by atoms with Crippen molar-refractivity contribution in [1.82, 2.24) is 0 Å². The highest BCUT2D eigenvalue weighted by molar-refractivity contribution is 5.31. The van der Waals surface area contributed by atoms with E-state index in [9.17, 15) is 0 Å². The second-order valence-electron chi connectivity index (χ2n) is 5.37. The van der Waals surface area contributed by atoms with Crippen LogP contribution in [0.2, 0.25) is 0 Å². The fourth-order valence-electron chi connectivity index (χ4n) is 1.59. The van der Waals surface area contributed by atoms with Crippen LogP contribution in [0.3, 0.4) is 0 Å². The second kappa shape index (κ2) is 4.46. The van der Waals surface area contributed by atoms with Crippen LogP contribution in [0.25, 0.3) is 0 Å². The van der Waals surface area contributed by atoms with Crippen LogP contribution in [0.15, 0.2) is 24.3 Å². The topological polar surface area (TPSA) is 21.8 Å². The summed E-state index contributed by atoms with van der Waals surface area (Å²) in [6.45, 7) is 8.31. The van der Waals surface area contributed by atoms with E-state index in [0.29, 0.717) is 6.10 Å². The zero-order chi connectivity index (χ0) is 11.6. The van der Waals surface area contributed by atoms with Crippen LogP contribution < -0.4 is 4.74 Å². The molecule has 2 nitrogen and oxygen atoms in total. The third-order valence-corrected chi connectivity index (χ3v) is 2.83. The zero-order valence-corrected chi connectivity index (χ0v) is 10.3. The van der Waals surface area contributed by atoms with Gasteiger partial charge < -0.3 is 9.47 Å². The van der Waals surface area contributed by atoms with E-state index < -0.39 is 0 Å². The summed E-state index contributed by atoms with van der Waals surface area (Å²) < 4.78 is 10.8. The lowest BCUT2D eigenvalue weighted by Gasteiger charge is -2.19. The van der Waals surface area contributed by atoms with Crippen molar-refractivity contribution < 1.29 is 9.47 Å². The van der Waals surface area contributed by atoms with E-state index in [1.807, 2.05) is 12.1 Å². The fourth-order valence-corrected chi connectivity index (χ4v) is 1.59. The summed E-state index contributed by atoms with van der Waals surface area (Å²) in [5, 5.41) is 0. The number of ether oxygens (including phenoxy) is 2. The van der Waals surface area contributed by atoms with Gasteiger partial charge in [-0.05, 0) is 23.1 Å². The van der Waals surface area contributed by atoms with Gasteiger partial charge in [-0.2, -0.15) is 0 Å². The third kappa shape index (κ3) is 3.24. The van der Waals surface area contributed by atoms with Crippen LogP contribution in [0.1, 0.15) is 32.8 Å². The lowest BCUT2D eigenvalue weighted by molar-refractivity contribution is 0.283. The molecule has 0 spiro atoms. The Morgan fingerprint density at radius 1 is 1.25 bits per heavy atom. The Bertz CT molecular complexity index is 331. The monoisotopic (exact) mass is 220 g/mol. The molecular weight excluding hydrogens is 200 g/mol. The summed E-state index contributed by atoms with van der Waals surface area (Å²) in [6, 6.07) is 8.38. The van der Waals surface area contributed by atoms with E-state index in [1.54, 1.807) is 0 Å². The van der Waals surface area contributed by atoms with E-state index >= 15 is 0 Å². The van der Waals surface area contributed by atoms with Gasteiger partial charge in [0.2, 0.25) is 0 Å². The molecule has 1 saturated heterocycles. The fraction of sp³-hybridized carbons (Fsp3) is 0.571. The van der Waals surface area contributed by atoms with Crippen LogP contribution in [0.4, 0.5) is 0 Å². The minimum Gasteiger partial charge on any atom is -0.493 e. The Morgan fingerprint density at radius 3 is 2.38 bits per heavy atom. The summed E-state index contributed by atoms with van der Waals surface area (Å²) in [4.78, 5) is 0. The highest BCUT2D eigenvalue weighted by Gasteiger charge is 2.21. The molecule has 0 N–H and O–H groups in total. The average Bonchev–Trinajstić information content (AvgIpc) is 3.01. The van der Waals surface area contributed by atoms with Crippen molar-refractivity contribution in [2.45, 2.75) is 38.7 Å². The van der Waals surface area contributed by atoms with Crippen molar-refractivity contribution in [2.24, 2.45) is 0 Å². The molecule has 2 rings (SSSR count). The number of hydrogen-bond acceptors (Lipinski definition) is 2. The first kappa shape index (κ1) is 11.5. The predicted octanol–water partition coefficient (Wildman–Crippen LogP) is 3.15. The molecule has 0 bridgehead atoms. The molecule has 1 aliphatic rings. The summed E-state index contributed by atoms with van der Waals surface area (Å²) >= 11 is 0. The Morgan fingerprint density at radius 2 is 1.88 bits per heavy atom. The third-order valence-electron chi connectivity index (χ3n) is 2.83. The summed E-state index contributed by atoms with van der Waals surface area (Å²) in [6.07, 6.45) is 1.45. The number of rotatable bonds is 4. The van der Waals surface area contributed by atoms with E-state index in [2.05, 4.69) is 32.9 Å². The first-order chi connectivity index (χ1) is 7.55. The van der Waals surface area contributed by atoms with Gasteiger partial charge in [-0.3, -0.25) is 0 Å². The molecule has 88 valence electrons. The van der Waals surface area contributed by atoms with E-state index in [0.717, 1.165) is 25.4 Å². The highest BCUT2D eigenvalue weighted by atomic mass is 16.6. The van der Waals surface area contributed by atoms with Crippen LogP contribution in [0, 0.1) is 0 Å². The molecule has 1 fully saturated rings. The maximum absolute atomic E-state index is 5.64. The second-order valence-corrected chi connectivity index (χ2v) is 5.37. The largest absolute Gasteiger partial charge is 0.493 e. The molecule has 1 aromatic rings. The molecule has 1 atom stereocenters. The maximum atomic E-state index is 5.64. The molecule has 0 amide bonds. The molecule has 1 heterocycles. The average molecular weight is 220 g/mol. The lowest BCUT2D eigenvalue weighted by atomic mass is 9.87. The number of hydrogen-bond donors (Lipinski definition) is 0. The highest BCUT2D eigenvalue weighted by Crippen LogP contribution is 2.24. The van der Waals surface area contributed by atoms with Crippen molar-refractivity contribution in [2.75, 3.05) is 13.2 Å². The van der Waals surface area contributed by atoms with Gasteiger partial charge in [-0.1, -0.05) is 32.9 Å². The Labute approximate surface area is 97.6 Å². The van der Waals surface area contributed by atoms with Crippen molar-refractivity contribution in [3.63, 3.8) is 0 Å². The van der Waals surface area contributed by atoms with Gasteiger partial charge in [-0.15, -0.1) is 0 Å². The minimum atomic E-state index is 0.209. The van der Waals surface area contributed by atoms with Crippen LogP contribution in [0.5, 0.6) is 5.75 Å². The quantitative estimate of drug-likeness (QED) is 0.727.